The van der Waals surface area contributed by atoms with Crippen molar-refractivity contribution < 1.29 is 9.18 Å². The van der Waals surface area contributed by atoms with Gasteiger partial charge in [0.1, 0.15) is 11.5 Å². The van der Waals surface area contributed by atoms with E-state index in [1.807, 2.05) is 4.90 Å². The predicted molar refractivity (Wildman–Crippen MR) is 91.0 cm³/mol. The number of nitrogens with one attached hydrogen (secondary N) is 1. The number of rotatable bonds is 3. The Kier molecular flexibility index (Phi) is 4.94. The number of carbonyl (C=O) groups excluding carboxylic acids is 1. The molecule has 5 nitrogen and oxygen atoms in total. The van der Waals surface area contributed by atoms with Crippen LogP contribution in [-0.4, -0.2) is 33.9 Å². The van der Waals surface area contributed by atoms with Crippen molar-refractivity contribution in [3.8, 4) is 0 Å². The van der Waals surface area contributed by atoms with Gasteiger partial charge in [0.05, 0.1) is 5.02 Å². The van der Waals surface area contributed by atoms with Crippen LogP contribution in [0.3, 0.4) is 0 Å². The van der Waals surface area contributed by atoms with Gasteiger partial charge in [0.2, 0.25) is 5.95 Å². The Bertz CT molecular complexity index is 755. The normalized spacial score (nSPS) is 17.6. The number of piperidine rings is 1. The van der Waals surface area contributed by atoms with Crippen LogP contribution in [-0.2, 0) is 0 Å². The molecule has 1 aliphatic rings. The predicted octanol–water partition coefficient (Wildman–Crippen LogP) is 3.88. The summed E-state index contributed by atoms with van der Waals surface area (Å²) in [7, 11) is 0. The Hall–Kier alpha value is -2.21. The van der Waals surface area contributed by atoms with Crippen LogP contribution < -0.4 is 5.32 Å². The van der Waals surface area contributed by atoms with Gasteiger partial charge in [-0.2, -0.15) is 0 Å². The standard InChI is InChI=1S/C17H18ClFN4O/c1-11-3-2-8-23(10-11)16(24)15-6-7-20-17(22-15)21-12-4-5-14(19)13(18)9-12/h4-7,9,11H,2-3,8,10H2,1H3,(H,20,21,22). The molecular formula is C17H18ClFN4O. The van der Waals surface area contributed by atoms with E-state index < -0.39 is 5.82 Å². The van der Waals surface area contributed by atoms with Crippen LogP contribution >= 0.6 is 11.6 Å². The van der Waals surface area contributed by atoms with Crippen molar-refractivity contribution in [1.82, 2.24) is 14.9 Å². The Morgan fingerprint density at radius 1 is 1.42 bits per heavy atom. The van der Waals surface area contributed by atoms with E-state index in [-0.39, 0.29) is 16.9 Å². The first-order chi connectivity index (χ1) is 11.5. The number of carbonyl (C=O) groups is 1. The average molecular weight is 349 g/mol. The SMILES string of the molecule is CC1CCCN(C(=O)c2ccnc(Nc3ccc(F)c(Cl)c3)n2)C1. The number of hydrogen-bond acceptors (Lipinski definition) is 4. The highest BCUT2D eigenvalue weighted by Crippen LogP contribution is 2.22. The van der Waals surface area contributed by atoms with Gasteiger partial charge >= 0.3 is 0 Å². The zero-order valence-corrected chi connectivity index (χ0v) is 14.1. The molecule has 1 aromatic carbocycles. The van der Waals surface area contributed by atoms with Gasteiger partial charge in [-0.25, -0.2) is 14.4 Å². The Morgan fingerprint density at radius 2 is 2.25 bits per heavy atom. The molecule has 0 aliphatic carbocycles. The van der Waals surface area contributed by atoms with Crippen LogP contribution in [0.5, 0.6) is 0 Å². The van der Waals surface area contributed by atoms with E-state index >= 15 is 0 Å². The third kappa shape index (κ3) is 3.82. The lowest BCUT2D eigenvalue weighted by Crippen LogP contribution is -2.39. The lowest BCUT2D eigenvalue weighted by molar-refractivity contribution is 0.0677. The quantitative estimate of drug-likeness (QED) is 0.914. The number of halogens is 2. The smallest absolute Gasteiger partial charge is 0.272 e. The molecule has 1 aromatic heterocycles. The molecule has 24 heavy (non-hydrogen) atoms. The molecule has 2 heterocycles. The second-order valence-corrected chi connectivity index (χ2v) is 6.43. The third-order valence-electron chi connectivity index (χ3n) is 3.99. The summed E-state index contributed by atoms with van der Waals surface area (Å²) in [5, 5.41) is 2.94. The first-order valence-corrected chi connectivity index (χ1v) is 8.25. The summed E-state index contributed by atoms with van der Waals surface area (Å²) in [6, 6.07) is 5.84. The minimum Gasteiger partial charge on any atom is -0.337 e. The van der Waals surface area contributed by atoms with Crippen molar-refractivity contribution in [2.75, 3.05) is 18.4 Å². The van der Waals surface area contributed by atoms with Gasteiger partial charge in [-0.15, -0.1) is 0 Å². The summed E-state index contributed by atoms with van der Waals surface area (Å²) in [5.41, 5.74) is 0.896. The zero-order chi connectivity index (χ0) is 17.1. The Labute approximate surface area is 144 Å². The molecule has 0 radical (unpaired) electrons. The van der Waals surface area contributed by atoms with Gasteiger partial charge in [0, 0.05) is 25.0 Å². The summed E-state index contributed by atoms with van der Waals surface area (Å²) in [5.74, 6) is 0.187. The van der Waals surface area contributed by atoms with Crippen LogP contribution in [0.4, 0.5) is 16.0 Å². The number of anilines is 2. The summed E-state index contributed by atoms with van der Waals surface area (Å²) in [6.45, 7) is 3.65. The maximum absolute atomic E-state index is 13.2. The van der Waals surface area contributed by atoms with Gasteiger partial charge in [-0.1, -0.05) is 18.5 Å². The molecule has 126 valence electrons. The van der Waals surface area contributed by atoms with Gasteiger partial charge in [-0.3, -0.25) is 4.79 Å². The maximum atomic E-state index is 13.2. The molecular weight excluding hydrogens is 331 g/mol. The molecule has 1 fully saturated rings. The largest absolute Gasteiger partial charge is 0.337 e. The number of amides is 1. The van der Waals surface area contributed by atoms with Crippen molar-refractivity contribution in [1.29, 1.82) is 0 Å². The highest BCUT2D eigenvalue weighted by atomic mass is 35.5. The third-order valence-corrected chi connectivity index (χ3v) is 4.28. The van der Waals surface area contributed by atoms with Gasteiger partial charge in [-0.05, 0) is 43.0 Å². The van der Waals surface area contributed by atoms with Gasteiger partial charge < -0.3 is 10.2 Å². The molecule has 1 unspecified atom stereocenters. The Morgan fingerprint density at radius 3 is 3.00 bits per heavy atom. The second kappa shape index (κ2) is 7.13. The molecule has 3 rings (SSSR count). The number of likely N-dealkylation sites (tertiary alicyclic amines) is 1. The van der Waals surface area contributed by atoms with Crippen LogP contribution in [0.15, 0.2) is 30.5 Å². The summed E-state index contributed by atoms with van der Waals surface area (Å²) >= 11 is 5.76. The average Bonchev–Trinajstić information content (AvgIpc) is 2.58. The first kappa shape index (κ1) is 16.6. The summed E-state index contributed by atoms with van der Waals surface area (Å²) < 4.78 is 13.2. The van der Waals surface area contributed by atoms with Crippen molar-refractivity contribution in [3.05, 3.63) is 47.0 Å². The van der Waals surface area contributed by atoms with E-state index in [4.69, 9.17) is 11.6 Å². The molecule has 0 saturated carbocycles. The van der Waals surface area contributed by atoms with E-state index in [0.29, 0.717) is 17.3 Å². The lowest BCUT2D eigenvalue weighted by Gasteiger charge is -2.30. The lowest BCUT2D eigenvalue weighted by atomic mass is 10.00. The highest BCUT2D eigenvalue weighted by Gasteiger charge is 2.23. The number of benzene rings is 1. The Balaban J connectivity index is 1.76. The maximum Gasteiger partial charge on any atom is 0.272 e. The van der Waals surface area contributed by atoms with Gasteiger partial charge in [0.25, 0.3) is 5.91 Å². The van der Waals surface area contributed by atoms with E-state index in [1.165, 1.54) is 24.4 Å². The van der Waals surface area contributed by atoms with Gasteiger partial charge in [0.15, 0.2) is 0 Å². The highest BCUT2D eigenvalue weighted by molar-refractivity contribution is 6.31. The van der Waals surface area contributed by atoms with Crippen LogP contribution in [0, 0.1) is 11.7 Å². The minimum atomic E-state index is -0.494. The van der Waals surface area contributed by atoms with Crippen molar-refractivity contribution in [2.24, 2.45) is 5.92 Å². The fraction of sp³-hybridized carbons (Fsp3) is 0.353. The zero-order valence-electron chi connectivity index (χ0n) is 13.3. The minimum absolute atomic E-state index is 0.00883. The first-order valence-electron chi connectivity index (χ1n) is 7.87. The fourth-order valence-electron chi connectivity index (χ4n) is 2.78. The fourth-order valence-corrected chi connectivity index (χ4v) is 2.96. The summed E-state index contributed by atoms with van der Waals surface area (Å²) in [4.78, 5) is 22.8. The van der Waals surface area contributed by atoms with Crippen LogP contribution in [0.2, 0.25) is 5.02 Å². The molecule has 0 spiro atoms. The number of hydrogen-bond donors (Lipinski definition) is 1. The van der Waals surface area contributed by atoms with E-state index in [2.05, 4.69) is 22.2 Å². The van der Waals surface area contributed by atoms with Crippen LogP contribution in [0.25, 0.3) is 0 Å². The van der Waals surface area contributed by atoms with E-state index in [0.717, 1.165) is 25.9 Å². The molecule has 2 aromatic rings. The number of aromatic nitrogens is 2. The van der Waals surface area contributed by atoms with Crippen molar-refractivity contribution in [2.45, 2.75) is 19.8 Å². The molecule has 1 N–H and O–H groups in total. The molecule has 1 atom stereocenters. The van der Waals surface area contributed by atoms with E-state index in [9.17, 15) is 9.18 Å². The topological polar surface area (TPSA) is 58.1 Å². The molecule has 1 aliphatic heterocycles. The molecule has 1 saturated heterocycles. The molecule has 1 amide bonds. The van der Waals surface area contributed by atoms with Crippen molar-refractivity contribution in [3.63, 3.8) is 0 Å². The van der Waals surface area contributed by atoms with E-state index in [1.54, 1.807) is 6.07 Å². The van der Waals surface area contributed by atoms with Crippen molar-refractivity contribution >= 4 is 29.1 Å². The monoisotopic (exact) mass is 348 g/mol. The molecule has 0 bridgehead atoms. The second-order valence-electron chi connectivity index (χ2n) is 6.02. The number of nitrogens with zero attached hydrogens (tertiary/aromatic N) is 3. The molecule has 7 heteroatoms. The summed E-state index contributed by atoms with van der Waals surface area (Å²) in [6.07, 6.45) is 3.68. The van der Waals surface area contributed by atoms with Crippen LogP contribution in [0.1, 0.15) is 30.3 Å².